The van der Waals surface area contributed by atoms with Gasteiger partial charge in [0.25, 0.3) is 0 Å². The van der Waals surface area contributed by atoms with Crippen molar-refractivity contribution in [3.05, 3.63) is 0 Å². The van der Waals surface area contributed by atoms with E-state index in [2.05, 4.69) is 0 Å². The van der Waals surface area contributed by atoms with Crippen molar-refractivity contribution in [1.29, 1.82) is 0 Å². The second-order valence-corrected chi connectivity index (χ2v) is 6.24. The summed E-state index contributed by atoms with van der Waals surface area (Å²) in [6.45, 7) is 0.951. The lowest BCUT2D eigenvalue weighted by Gasteiger charge is -2.39. The van der Waals surface area contributed by atoms with Crippen LogP contribution in [0.15, 0.2) is 0 Å². The van der Waals surface area contributed by atoms with Gasteiger partial charge in [-0.15, -0.1) is 0 Å². The average Bonchev–Trinajstić information content (AvgIpc) is 2.77. The van der Waals surface area contributed by atoms with Crippen molar-refractivity contribution < 1.29 is 22.8 Å². The molecule has 22 heavy (non-hydrogen) atoms. The van der Waals surface area contributed by atoms with Crippen LogP contribution in [0.25, 0.3) is 0 Å². The number of alkyl halides is 3. The van der Waals surface area contributed by atoms with Gasteiger partial charge in [0.2, 0.25) is 11.8 Å². The topological polar surface area (TPSA) is 66.6 Å². The van der Waals surface area contributed by atoms with Crippen molar-refractivity contribution in [2.45, 2.75) is 50.9 Å². The summed E-state index contributed by atoms with van der Waals surface area (Å²) in [6, 6.07) is -0.277. The summed E-state index contributed by atoms with van der Waals surface area (Å²) in [5, 5.41) is 0. The van der Waals surface area contributed by atoms with Crippen LogP contribution in [0, 0.1) is 5.92 Å². The van der Waals surface area contributed by atoms with Gasteiger partial charge in [-0.1, -0.05) is 0 Å². The zero-order chi connectivity index (χ0) is 16.5. The van der Waals surface area contributed by atoms with E-state index in [1.54, 1.807) is 4.90 Å². The fourth-order valence-corrected chi connectivity index (χ4v) is 3.32. The van der Waals surface area contributed by atoms with E-state index in [9.17, 15) is 22.8 Å². The zero-order valence-electron chi connectivity index (χ0n) is 12.6. The van der Waals surface area contributed by atoms with Gasteiger partial charge < -0.3 is 15.5 Å². The van der Waals surface area contributed by atoms with E-state index in [0.717, 1.165) is 24.2 Å². The number of carbonyl (C=O) groups is 2. The highest BCUT2D eigenvalue weighted by atomic mass is 19.4. The van der Waals surface area contributed by atoms with Crippen molar-refractivity contribution in [2.75, 3.05) is 19.6 Å². The first-order valence-electron chi connectivity index (χ1n) is 7.59. The minimum absolute atomic E-state index is 0.0898. The predicted molar refractivity (Wildman–Crippen MR) is 73.7 cm³/mol. The summed E-state index contributed by atoms with van der Waals surface area (Å²) in [4.78, 5) is 26.7. The van der Waals surface area contributed by atoms with Crippen molar-refractivity contribution in [2.24, 2.45) is 11.7 Å². The van der Waals surface area contributed by atoms with E-state index >= 15 is 0 Å². The summed E-state index contributed by atoms with van der Waals surface area (Å²) in [6.07, 6.45) is -1.93. The maximum atomic E-state index is 12.6. The zero-order valence-corrected chi connectivity index (χ0v) is 12.6. The first-order chi connectivity index (χ1) is 10.2. The van der Waals surface area contributed by atoms with Gasteiger partial charge in [0.1, 0.15) is 6.54 Å². The van der Waals surface area contributed by atoms with E-state index in [4.69, 9.17) is 5.73 Å². The van der Waals surface area contributed by atoms with Crippen LogP contribution in [0.1, 0.15) is 32.6 Å². The van der Waals surface area contributed by atoms with Crippen molar-refractivity contribution in [3.8, 4) is 0 Å². The molecule has 2 heterocycles. The molecule has 3 atom stereocenters. The lowest BCUT2D eigenvalue weighted by Crippen LogP contribution is -2.53. The lowest BCUT2D eigenvalue weighted by atomic mass is 9.94. The Bertz CT molecular complexity index is 440. The third kappa shape index (κ3) is 3.91. The van der Waals surface area contributed by atoms with Gasteiger partial charge in [0.05, 0.1) is 5.92 Å². The fourth-order valence-electron chi connectivity index (χ4n) is 3.32. The number of amides is 2. The molecule has 3 unspecified atom stereocenters. The molecular formula is C14H22F3N3O2. The molecule has 2 N–H and O–H groups in total. The molecule has 0 aromatic carbocycles. The van der Waals surface area contributed by atoms with E-state index in [1.165, 1.54) is 0 Å². The minimum Gasteiger partial charge on any atom is -0.338 e. The monoisotopic (exact) mass is 321 g/mol. The maximum Gasteiger partial charge on any atom is 0.406 e. The molecule has 0 aromatic heterocycles. The standard InChI is InChI=1S/C14H22F3N3O2/c1-9(18)11-4-2-3-5-20(11)13(22)10-6-12(21)19(7-10)8-14(15,16)17/h9-11H,2-8,18H2,1H3. The third-order valence-corrected chi connectivity index (χ3v) is 4.37. The van der Waals surface area contributed by atoms with Gasteiger partial charge in [-0.25, -0.2) is 0 Å². The third-order valence-electron chi connectivity index (χ3n) is 4.37. The lowest BCUT2D eigenvalue weighted by molar-refractivity contribution is -0.157. The Morgan fingerprint density at radius 3 is 2.68 bits per heavy atom. The molecule has 2 amide bonds. The molecule has 2 fully saturated rings. The molecule has 126 valence electrons. The van der Waals surface area contributed by atoms with Gasteiger partial charge in [-0.2, -0.15) is 13.2 Å². The smallest absolute Gasteiger partial charge is 0.338 e. The number of carbonyl (C=O) groups excluding carboxylic acids is 2. The molecule has 0 radical (unpaired) electrons. The van der Waals surface area contributed by atoms with Crippen LogP contribution in [0.4, 0.5) is 13.2 Å². The average molecular weight is 321 g/mol. The Morgan fingerprint density at radius 1 is 1.41 bits per heavy atom. The molecule has 2 aliphatic rings. The van der Waals surface area contributed by atoms with Gasteiger partial charge in [-0.05, 0) is 26.2 Å². The van der Waals surface area contributed by atoms with Gasteiger partial charge >= 0.3 is 6.18 Å². The Hall–Kier alpha value is -1.31. The SMILES string of the molecule is CC(N)C1CCCCN1C(=O)C1CC(=O)N(CC(F)(F)F)C1. The Balaban J connectivity index is 2.02. The summed E-state index contributed by atoms with van der Waals surface area (Å²) < 4.78 is 37.3. The number of halogens is 3. The molecule has 0 aliphatic carbocycles. The molecule has 8 heteroatoms. The number of hydrogen-bond donors (Lipinski definition) is 1. The summed E-state index contributed by atoms with van der Waals surface area (Å²) in [7, 11) is 0. The number of piperidine rings is 1. The molecule has 0 bridgehead atoms. The Morgan fingerprint density at radius 2 is 2.09 bits per heavy atom. The quantitative estimate of drug-likeness (QED) is 0.847. The number of nitrogens with two attached hydrogens (primary N) is 1. The van der Waals surface area contributed by atoms with Crippen LogP contribution in [0.2, 0.25) is 0 Å². The molecule has 0 spiro atoms. The summed E-state index contributed by atoms with van der Waals surface area (Å²) >= 11 is 0. The highest BCUT2D eigenvalue weighted by molar-refractivity contribution is 5.89. The first kappa shape index (κ1) is 17.1. The van der Waals surface area contributed by atoms with Gasteiger partial charge in [-0.3, -0.25) is 9.59 Å². The number of rotatable bonds is 3. The highest BCUT2D eigenvalue weighted by Gasteiger charge is 2.43. The second kappa shape index (κ2) is 6.44. The number of nitrogens with zero attached hydrogens (tertiary/aromatic N) is 2. The minimum atomic E-state index is -4.44. The summed E-state index contributed by atoms with van der Waals surface area (Å²) in [5.74, 6) is -1.53. The number of hydrogen-bond acceptors (Lipinski definition) is 3. The summed E-state index contributed by atoms with van der Waals surface area (Å²) in [5.41, 5.74) is 5.91. The van der Waals surface area contributed by atoms with E-state index in [1.807, 2.05) is 6.92 Å². The van der Waals surface area contributed by atoms with Crippen LogP contribution < -0.4 is 5.73 Å². The van der Waals surface area contributed by atoms with Crippen LogP contribution in [0.5, 0.6) is 0 Å². The normalized spacial score (nSPS) is 28.1. The van der Waals surface area contributed by atoms with E-state index in [-0.39, 0.29) is 31.0 Å². The van der Waals surface area contributed by atoms with Crippen LogP contribution in [0.3, 0.4) is 0 Å². The van der Waals surface area contributed by atoms with Crippen LogP contribution >= 0.6 is 0 Å². The van der Waals surface area contributed by atoms with Crippen LogP contribution in [-0.2, 0) is 9.59 Å². The highest BCUT2D eigenvalue weighted by Crippen LogP contribution is 2.28. The first-order valence-corrected chi connectivity index (χ1v) is 7.59. The largest absolute Gasteiger partial charge is 0.406 e. The number of likely N-dealkylation sites (tertiary alicyclic amines) is 2. The van der Waals surface area contributed by atoms with Crippen LogP contribution in [-0.4, -0.2) is 59.5 Å². The van der Waals surface area contributed by atoms with Crippen molar-refractivity contribution >= 4 is 11.8 Å². The molecule has 2 rings (SSSR count). The molecule has 0 saturated carbocycles. The Labute approximate surface area is 127 Å². The second-order valence-electron chi connectivity index (χ2n) is 6.24. The van der Waals surface area contributed by atoms with Gasteiger partial charge in [0.15, 0.2) is 0 Å². The van der Waals surface area contributed by atoms with E-state index in [0.29, 0.717) is 6.54 Å². The predicted octanol–water partition coefficient (Wildman–Crippen LogP) is 1.13. The molecule has 2 aliphatic heterocycles. The maximum absolute atomic E-state index is 12.6. The molecule has 2 saturated heterocycles. The molecular weight excluding hydrogens is 299 g/mol. The van der Waals surface area contributed by atoms with Crippen molar-refractivity contribution in [1.82, 2.24) is 9.80 Å². The van der Waals surface area contributed by atoms with Crippen molar-refractivity contribution in [3.63, 3.8) is 0 Å². The fraction of sp³-hybridized carbons (Fsp3) is 0.857. The van der Waals surface area contributed by atoms with Gasteiger partial charge in [0, 0.05) is 31.6 Å². The molecule has 5 nitrogen and oxygen atoms in total. The Kier molecular flexibility index (Phi) is 4.99. The molecule has 0 aromatic rings. The van der Waals surface area contributed by atoms with E-state index < -0.39 is 24.5 Å².